The minimum atomic E-state index is -2.78. The number of hydrogen-bond acceptors (Lipinski definition) is 8. The summed E-state index contributed by atoms with van der Waals surface area (Å²) in [6, 6.07) is 7.66. The molecular formula is C25H26F2N6O5. The second kappa shape index (κ2) is 12.5. The molecule has 1 aliphatic carbocycles. The summed E-state index contributed by atoms with van der Waals surface area (Å²) in [5, 5.41) is 22.4. The first-order chi connectivity index (χ1) is 19.4. The van der Waals surface area contributed by atoms with E-state index in [1.54, 1.807) is 25.1 Å². The van der Waals surface area contributed by atoms with E-state index in [9.17, 15) is 18.4 Å². The number of ether oxygens (including phenoxy) is 1. The molecule has 3 aromatic rings. The van der Waals surface area contributed by atoms with Gasteiger partial charge in [-0.3, -0.25) is 19.4 Å². The van der Waals surface area contributed by atoms with Crippen molar-refractivity contribution in [1.29, 1.82) is 0 Å². The number of pyridine rings is 1. The van der Waals surface area contributed by atoms with Crippen molar-refractivity contribution in [3.05, 3.63) is 53.3 Å². The molecule has 0 aliphatic heterocycles. The van der Waals surface area contributed by atoms with Crippen molar-refractivity contribution in [3.63, 3.8) is 0 Å². The minimum absolute atomic E-state index is 0.0873. The molecule has 2 heterocycles. The highest BCUT2D eigenvalue weighted by atomic mass is 19.3. The number of hydrogen-bond donors (Lipinski definition) is 4. The quantitative estimate of drug-likeness (QED) is 0.316. The number of carboxylic acid groups (broad SMARTS) is 1. The normalized spacial score (nSPS) is 13.7. The molecular weight excluding hydrogens is 502 g/mol. The van der Waals surface area contributed by atoms with E-state index in [2.05, 4.69) is 25.8 Å². The lowest BCUT2D eigenvalue weighted by Crippen LogP contribution is -2.23. The second-order valence-corrected chi connectivity index (χ2v) is 8.01. The zero-order valence-electron chi connectivity index (χ0n) is 23.3. The van der Waals surface area contributed by atoms with E-state index < -0.39 is 19.3 Å². The molecule has 11 nitrogen and oxygen atoms in total. The average molecular weight is 532 g/mol. The summed E-state index contributed by atoms with van der Waals surface area (Å²) < 4.78 is 53.7. The van der Waals surface area contributed by atoms with Crippen LogP contribution in [-0.4, -0.2) is 52.7 Å². The summed E-state index contributed by atoms with van der Waals surface area (Å²) in [7, 11) is 1.40. The Morgan fingerprint density at radius 3 is 2.55 bits per heavy atom. The number of nitrogens with zero attached hydrogens (tertiary/aromatic N) is 3. The smallest absolute Gasteiger partial charge is 0.290 e. The Balaban J connectivity index is 0.00000147. The van der Waals surface area contributed by atoms with E-state index in [0.717, 1.165) is 19.0 Å². The summed E-state index contributed by atoms with van der Waals surface area (Å²) >= 11 is 0. The van der Waals surface area contributed by atoms with Crippen LogP contribution >= 0.6 is 0 Å². The number of aromatic nitrogens is 3. The molecule has 0 radical (unpaired) electrons. The molecule has 0 atom stereocenters. The third-order valence-electron chi connectivity index (χ3n) is 5.53. The summed E-state index contributed by atoms with van der Waals surface area (Å²) in [6.45, 7) is -1.44. The van der Waals surface area contributed by atoms with E-state index >= 15 is 0 Å². The maximum absolute atomic E-state index is 13.0. The Morgan fingerprint density at radius 2 is 1.97 bits per heavy atom. The van der Waals surface area contributed by atoms with Crippen molar-refractivity contribution in [1.82, 2.24) is 20.5 Å². The highest BCUT2D eigenvalue weighted by molar-refractivity contribution is 6.01. The molecule has 13 heteroatoms. The summed E-state index contributed by atoms with van der Waals surface area (Å²) in [5.41, 5.74) is 1.02. The largest absolute Gasteiger partial charge is 0.494 e. The van der Waals surface area contributed by atoms with Gasteiger partial charge in [0, 0.05) is 39.9 Å². The van der Waals surface area contributed by atoms with Crippen LogP contribution in [0, 0.1) is 12.8 Å². The topological polar surface area (TPSA) is 155 Å². The van der Waals surface area contributed by atoms with Gasteiger partial charge in [0.25, 0.3) is 18.8 Å². The number of benzene rings is 1. The molecule has 0 saturated heterocycles. The Hall–Kier alpha value is -4.68. The van der Waals surface area contributed by atoms with Gasteiger partial charge in [0.2, 0.25) is 5.91 Å². The number of methoxy groups -OCH3 is 1. The number of rotatable bonds is 8. The van der Waals surface area contributed by atoms with Crippen molar-refractivity contribution < 1.29 is 37.1 Å². The van der Waals surface area contributed by atoms with E-state index in [0.29, 0.717) is 22.5 Å². The van der Waals surface area contributed by atoms with Crippen molar-refractivity contribution in [3.8, 4) is 17.0 Å². The van der Waals surface area contributed by atoms with Gasteiger partial charge in [-0.05, 0) is 44.0 Å². The standard InChI is InChI=1S/C24H24F2N6O3.CH2O2/c1-12-18(19(24(34)27-2)31-32-22(12)30-23(33)13-7-8-13)29-17-6-4-5-15(20(17)35-3)16-10-9-14(11-28-16)21(25)26;2-1-3/h4-6,9-11,13,21H,7-8H2,1-3H3,(H,27,34)(H2,29,30,32,33);1H,(H,2,3)/i2D3;. The van der Waals surface area contributed by atoms with Crippen molar-refractivity contribution in [2.45, 2.75) is 26.2 Å². The van der Waals surface area contributed by atoms with Gasteiger partial charge in [-0.1, -0.05) is 6.07 Å². The van der Waals surface area contributed by atoms with Gasteiger partial charge in [-0.2, -0.15) is 0 Å². The van der Waals surface area contributed by atoms with Crippen LogP contribution in [0.4, 0.5) is 26.0 Å². The van der Waals surface area contributed by atoms with Gasteiger partial charge in [0.15, 0.2) is 17.3 Å². The lowest BCUT2D eigenvalue weighted by Gasteiger charge is -2.19. The molecule has 4 rings (SSSR count). The number of amides is 2. The van der Waals surface area contributed by atoms with Gasteiger partial charge in [0.05, 0.1) is 24.2 Å². The molecule has 1 saturated carbocycles. The SMILES string of the molecule is O=CO.[2H]C([2H])([2H])NC(=O)c1nnc(NC(=O)C2CC2)c(C)c1Nc1cccc(-c2ccc(C(F)F)cn2)c1OC. The monoisotopic (exact) mass is 531 g/mol. The maximum Gasteiger partial charge on any atom is 0.290 e. The van der Waals surface area contributed by atoms with Gasteiger partial charge < -0.3 is 25.8 Å². The van der Waals surface area contributed by atoms with Crippen molar-refractivity contribution >= 4 is 35.5 Å². The highest BCUT2D eigenvalue weighted by Gasteiger charge is 2.31. The predicted octanol–water partition coefficient (Wildman–Crippen LogP) is 3.95. The molecule has 1 aliphatic rings. The maximum atomic E-state index is 13.0. The molecule has 0 unspecified atom stereocenters. The molecule has 200 valence electrons. The molecule has 0 spiro atoms. The Bertz CT molecular complexity index is 1420. The lowest BCUT2D eigenvalue weighted by atomic mass is 10.1. The fourth-order valence-corrected chi connectivity index (χ4v) is 3.46. The molecule has 4 N–H and O–H groups in total. The number of carbonyl (C=O) groups is 3. The van der Waals surface area contributed by atoms with Crippen LogP contribution in [0.5, 0.6) is 5.75 Å². The number of para-hydroxylation sites is 1. The van der Waals surface area contributed by atoms with Crippen LogP contribution in [0.25, 0.3) is 11.3 Å². The van der Waals surface area contributed by atoms with Crippen LogP contribution in [-0.2, 0) is 9.59 Å². The van der Waals surface area contributed by atoms with Gasteiger partial charge >= 0.3 is 0 Å². The first-order valence-corrected chi connectivity index (χ1v) is 11.2. The Kier molecular flexibility index (Phi) is 7.81. The van der Waals surface area contributed by atoms with E-state index in [4.69, 9.17) is 18.8 Å². The van der Waals surface area contributed by atoms with Crippen molar-refractivity contribution in [2.75, 3.05) is 24.7 Å². The Morgan fingerprint density at radius 1 is 1.24 bits per heavy atom. The Labute approximate surface area is 220 Å². The third-order valence-corrected chi connectivity index (χ3v) is 5.53. The fraction of sp³-hybridized carbons (Fsp3) is 0.280. The molecule has 0 bridgehead atoms. The number of alkyl halides is 2. The average Bonchev–Trinajstić information content (AvgIpc) is 3.76. The fourth-order valence-electron chi connectivity index (χ4n) is 3.46. The number of anilines is 3. The second-order valence-electron chi connectivity index (χ2n) is 8.01. The van der Waals surface area contributed by atoms with Crippen LogP contribution in [0.15, 0.2) is 36.5 Å². The number of halogens is 2. The van der Waals surface area contributed by atoms with Gasteiger partial charge in [-0.25, -0.2) is 8.78 Å². The molecule has 2 aromatic heterocycles. The first kappa shape index (κ1) is 23.7. The first-order valence-electron chi connectivity index (χ1n) is 12.7. The summed E-state index contributed by atoms with van der Waals surface area (Å²) in [5.74, 6) is -0.985. The lowest BCUT2D eigenvalue weighted by molar-refractivity contribution is -0.123. The third kappa shape index (κ3) is 6.35. The molecule has 2 amide bonds. The summed E-state index contributed by atoms with van der Waals surface area (Å²) in [4.78, 5) is 37.6. The number of carbonyl (C=O) groups excluding carboxylic acids is 2. The summed E-state index contributed by atoms with van der Waals surface area (Å²) in [6.07, 6.45) is -0.0668. The van der Waals surface area contributed by atoms with Crippen LogP contribution < -0.4 is 20.7 Å². The zero-order valence-corrected chi connectivity index (χ0v) is 20.3. The van der Waals surface area contributed by atoms with E-state index in [-0.39, 0.29) is 46.8 Å². The molecule has 1 fully saturated rings. The zero-order chi connectivity index (χ0) is 30.3. The van der Waals surface area contributed by atoms with Gasteiger partial charge in [0.1, 0.15) is 0 Å². The van der Waals surface area contributed by atoms with Crippen molar-refractivity contribution in [2.24, 2.45) is 5.92 Å². The predicted molar refractivity (Wildman–Crippen MR) is 135 cm³/mol. The van der Waals surface area contributed by atoms with Gasteiger partial charge in [-0.15, -0.1) is 10.2 Å². The van der Waals surface area contributed by atoms with Crippen LogP contribution in [0.1, 0.15) is 45.0 Å². The van der Waals surface area contributed by atoms with Crippen LogP contribution in [0.3, 0.4) is 0 Å². The van der Waals surface area contributed by atoms with E-state index in [1.165, 1.54) is 19.2 Å². The minimum Gasteiger partial charge on any atom is -0.494 e. The highest BCUT2D eigenvalue weighted by Crippen LogP contribution is 2.39. The molecule has 1 aromatic carbocycles. The molecule has 38 heavy (non-hydrogen) atoms. The van der Waals surface area contributed by atoms with E-state index in [1.807, 2.05) is 5.32 Å². The van der Waals surface area contributed by atoms with Crippen LogP contribution in [0.2, 0.25) is 0 Å². The number of nitrogens with one attached hydrogen (secondary N) is 3.